The molecular formula is C20H30ClN3O3S. The van der Waals surface area contributed by atoms with Crippen LogP contribution in [0.25, 0.3) is 0 Å². The molecule has 1 aromatic carbocycles. The van der Waals surface area contributed by atoms with Crippen LogP contribution in [0.15, 0.2) is 29.2 Å². The van der Waals surface area contributed by atoms with Crippen LogP contribution in [0, 0.1) is 11.8 Å². The van der Waals surface area contributed by atoms with Crippen LogP contribution in [0.5, 0.6) is 0 Å². The lowest BCUT2D eigenvalue weighted by molar-refractivity contribution is -0.139. The van der Waals surface area contributed by atoms with Crippen LogP contribution in [0.1, 0.15) is 27.2 Å². The summed E-state index contributed by atoms with van der Waals surface area (Å²) >= 11 is 5.86. The fraction of sp³-hybridized carbons (Fsp3) is 0.650. The van der Waals surface area contributed by atoms with Crippen molar-refractivity contribution in [2.75, 3.05) is 39.3 Å². The lowest BCUT2D eigenvalue weighted by Crippen LogP contribution is -2.56. The van der Waals surface area contributed by atoms with Gasteiger partial charge in [0.2, 0.25) is 15.9 Å². The minimum absolute atomic E-state index is 0.160. The minimum atomic E-state index is -3.53. The van der Waals surface area contributed by atoms with Crippen LogP contribution in [0.4, 0.5) is 0 Å². The predicted molar refractivity (Wildman–Crippen MR) is 111 cm³/mol. The number of halogens is 1. The normalized spacial score (nSPS) is 26.2. The van der Waals surface area contributed by atoms with E-state index in [1.165, 1.54) is 22.9 Å². The zero-order valence-electron chi connectivity index (χ0n) is 16.8. The quantitative estimate of drug-likeness (QED) is 0.740. The molecule has 2 heterocycles. The first-order valence-electron chi connectivity index (χ1n) is 9.97. The lowest BCUT2D eigenvalue weighted by atomic mass is 9.91. The number of sulfonamides is 1. The summed E-state index contributed by atoms with van der Waals surface area (Å²) in [5.41, 5.74) is 0. The van der Waals surface area contributed by atoms with Crippen molar-refractivity contribution in [3.05, 3.63) is 29.3 Å². The average molecular weight is 428 g/mol. The molecule has 8 heteroatoms. The molecule has 2 fully saturated rings. The summed E-state index contributed by atoms with van der Waals surface area (Å²) in [4.78, 5) is 17.3. The highest BCUT2D eigenvalue weighted by Crippen LogP contribution is 2.24. The van der Waals surface area contributed by atoms with Crippen molar-refractivity contribution in [1.29, 1.82) is 0 Å². The Morgan fingerprint density at radius 3 is 2.11 bits per heavy atom. The second-order valence-electron chi connectivity index (χ2n) is 8.26. The number of amides is 1. The number of hydrogen-bond acceptors (Lipinski definition) is 4. The van der Waals surface area contributed by atoms with Gasteiger partial charge in [-0.3, -0.25) is 9.69 Å². The summed E-state index contributed by atoms with van der Waals surface area (Å²) in [6.45, 7) is 9.84. The smallest absolute Gasteiger partial charge is 0.243 e. The van der Waals surface area contributed by atoms with Gasteiger partial charge >= 0.3 is 0 Å². The summed E-state index contributed by atoms with van der Waals surface area (Å²) in [5, 5.41) is 0.512. The standard InChI is InChI=1S/C20H30ClN3O3S/c1-15-12-16(2)14-23(13-15)20(25)17(3)22-8-10-24(11-9-22)28(26,27)19-6-4-18(21)5-7-19/h4-7,15-17H,8-14H2,1-3H3. The lowest BCUT2D eigenvalue weighted by Gasteiger charge is -2.41. The molecular weight excluding hydrogens is 398 g/mol. The fourth-order valence-electron chi connectivity index (χ4n) is 4.35. The maximum Gasteiger partial charge on any atom is 0.243 e. The Balaban J connectivity index is 1.60. The molecule has 3 rings (SSSR count). The summed E-state index contributed by atoms with van der Waals surface area (Å²) in [6.07, 6.45) is 1.17. The Morgan fingerprint density at radius 1 is 1.04 bits per heavy atom. The third-order valence-corrected chi connectivity index (χ3v) is 7.98. The van der Waals surface area contributed by atoms with E-state index in [1.54, 1.807) is 12.1 Å². The predicted octanol–water partition coefficient (Wildman–Crippen LogP) is 2.54. The van der Waals surface area contributed by atoms with Gasteiger partial charge < -0.3 is 4.90 Å². The molecule has 0 spiro atoms. The molecule has 2 aliphatic rings. The number of nitrogens with zero attached hydrogens (tertiary/aromatic N) is 3. The van der Waals surface area contributed by atoms with E-state index in [0.29, 0.717) is 43.0 Å². The number of benzene rings is 1. The minimum Gasteiger partial charge on any atom is -0.341 e. The van der Waals surface area contributed by atoms with Crippen LogP contribution in [-0.2, 0) is 14.8 Å². The molecule has 0 radical (unpaired) electrons. The van der Waals surface area contributed by atoms with Gasteiger partial charge in [-0.1, -0.05) is 25.4 Å². The van der Waals surface area contributed by atoms with Crippen molar-refractivity contribution in [2.45, 2.75) is 38.1 Å². The van der Waals surface area contributed by atoms with Crippen molar-refractivity contribution in [2.24, 2.45) is 11.8 Å². The van der Waals surface area contributed by atoms with Gasteiger partial charge in [0.15, 0.2) is 0 Å². The zero-order chi connectivity index (χ0) is 20.5. The van der Waals surface area contributed by atoms with Crippen LogP contribution in [0.2, 0.25) is 5.02 Å². The van der Waals surface area contributed by atoms with E-state index in [9.17, 15) is 13.2 Å². The molecule has 28 heavy (non-hydrogen) atoms. The Hall–Kier alpha value is -1.15. The molecule has 3 atom stereocenters. The average Bonchev–Trinajstić information content (AvgIpc) is 2.66. The first-order chi connectivity index (χ1) is 13.2. The highest BCUT2D eigenvalue weighted by molar-refractivity contribution is 7.89. The van der Waals surface area contributed by atoms with E-state index >= 15 is 0 Å². The number of piperidine rings is 1. The van der Waals surface area contributed by atoms with Crippen molar-refractivity contribution in [3.8, 4) is 0 Å². The number of carbonyl (C=O) groups excluding carboxylic acids is 1. The Morgan fingerprint density at radius 2 is 1.57 bits per heavy atom. The first kappa shape index (κ1) is 21.6. The van der Waals surface area contributed by atoms with Gasteiger partial charge in [-0.05, 0) is 49.4 Å². The molecule has 1 aromatic rings. The van der Waals surface area contributed by atoms with Gasteiger partial charge in [-0.25, -0.2) is 8.42 Å². The number of hydrogen-bond donors (Lipinski definition) is 0. The van der Waals surface area contributed by atoms with E-state index in [0.717, 1.165) is 13.1 Å². The monoisotopic (exact) mass is 427 g/mol. The van der Waals surface area contributed by atoms with Gasteiger partial charge in [0.1, 0.15) is 0 Å². The van der Waals surface area contributed by atoms with E-state index in [4.69, 9.17) is 11.6 Å². The van der Waals surface area contributed by atoms with Crippen molar-refractivity contribution < 1.29 is 13.2 Å². The van der Waals surface area contributed by atoms with Gasteiger partial charge in [0.25, 0.3) is 0 Å². The molecule has 3 unspecified atom stereocenters. The Labute approximate surface area is 173 Å². The number of likely N-dealkylation sites (tertiary alicyclic amines) is 1. The third kappa shape index (κ3) is 4.70. The molecule has 156 valence electrons. The highest BCUT2D eigenvalue weighted by Gasteiger charge is 2.34. The molecule has 1 amide bonds. The van der Waals surface area contributed by atoms with Crippen LogP contribution in [-0.4, -0.2) is 73.7 Å². The largest absolute Gasteiger partial charge is 0.341 e. The van der Waals surface area contributed by atoms with Crippen LogP contribution in [0.3, 0.4) is 0 Å². The Bertz CT molecular complexity index is 781. The summed E-state index contributed by atoms with van der Waals surface area (Å²) < 4.78 is 27.1. The topological polar surface area (TPSA) is 60.9 Å². The van der Waals surface area contributed by atoms with Crippen molar-refractivity contribution >= 4 is 27.5 Å². The zero-order valence-corrected chi connectivity index (χ0v) is 18.4. The van der Waals surface area contributed by atoms with Gasteiger partial charge in [-0.2, -0.15) is 4.31 Å². The van der Waals surface area contributed by atoms with Crippen molar-refractivity contribution in [3.63, 3.8) is 0 Å². The second kappa shape index (κ2) is 8.69. The highest BCUT2D eigenvalue weighted by atomic mass is 35.5. The summed E-state index contributed by atoms with van der Waals surface area (Å²) in [7, 11) is -3.53. The van der Waals surface area contributed by atoms with Gasteiger partial charge in [-0.15, -0.1) is 0 Å². The van der Waals surface area contributed by atoms with Gasteiger partial charge in [0, 0.05) is 44.3 Å². The number of rotatable bonds is 4. The molecule has 0 aliphatic carbocycles. The molecule has 6 nitrogen and oxygen atoms in total. The first-order valence-corrected chi connectivity index (χ1v) is 11.8. The van der Waals surface area contributed by atoms with Gasteiger partial charge in [0.05, 0.1) is 10.9 Å². The van der Waals surface area contributed by atoms with Crippen LogP contribution >= 0.6 is 11.6 Å². The fourth-order valence-corrected chi connectivity index (χ4v) is 5.90. The van der Waals surface area contributed by atoms with E-state index in [-0.39, 0.29) is 16.8 Å². The number of piperazine rings is 1. The second-order valence-corrected chi connectivity index (χ2v) is 10.6. The molecule has 0 N–H and O–H groups in total. The summed E-state index contributed by atoms with van der Waals surface area (Å²) in [5.74, 6) is 1.22. The van der Waals surface area contributed by atoms with E-state index in [2.05, 4.69) is 18.7 Å². The molecule has 0 saturated carbocycles. The summed E-state index contributed by atoms with van der Waals surface area (Å²) in [6, 6.07) is 6.03. The number of carbonyl (C=O) groups is 1. The maximum absolute atomic E-state index is 13.0. The molecule has 0 aromatic heterocycles. The molecule has 0 bridgehead atoms. The van der Waals surface area contributed by atoms with Crippen LogP contribution < -0.4 is 0 Å². The third-order valence-electron chi connectivity index (χ3n) is 5.81. The Kier molecular flexibility index (Phi) is 6.69. The van der Waals surface area contributed by atoms with E-state index < -0.39 is 10.0 Å². The van der Waals surface area contributed by atoms with Crippen molar-refractivity contribution in [1.82, 2.24) is 14.1 Å². The molecule has 2 saturated heterocycles. The maximum atomic E-state index is 13.0. The molecule has 2 aliphatic heterocycles. The van der Waals surface area contributed by atoms with E-state index in [1.807, 2.05) is 11.8 Å². The SMILES string of the molecule is CC1CC(C)CN(C(=O)C(C)N2CCN(S(=O)(=O)c3ccc(Cl)cc3)CC2)C1.